The highest BCUT2D eigenvalue weighted by molar-refractivity contribution is 6.30. The van der Waals surface area contributed by atoms with Gasteiger partial charge in [0.25, 0.3) is 0 Å². The molecule has 0 saturated carbocycles. The summed E-state index contributed by atoms with van der Waals surface area (Å²) < 4.78 is 0. The minimum Gasteiger partial charge on any atom is -0.350 e. The molecule has 1 aliphatic heterocycles. The van der Waals surface area contributed by atoms with Gasteiger partial charge in [-0.25, -0.2) is 0 Å². The van der Waals surface area contributed by atoms with Crippen LogP contribution in [-0.2, 0) is 4.79 Å². The average Bonchev–Trinajstić information content (AvgIpc) is 2.47. The van der Waals surface area contributed by atoms with Crippen molar-refractivity contribution < 1.29 is 4.79 Å². The maximum Gasteiger partial charge on any atom is 0.242 e. The van der Waals surface area contributed by atoms with Gasteiger partial charge < -0.3 is 10.2 Å². The van der Waals surface area contributed by atoms with Gasteiger partial charge in [0.15, 0.2) is 0 Å². The van der Waals surface area contributed by atoms with E-state index in [9.17, 15) is 4.79 Å². The number of nitrogens with one attached hydrogen (secondary N) is 1. The third kappa shape index (κ3) is 3.95. The number of benzene rings is 1. The highest BCUT2D eigenvalue weighted by Gasteiger charge is 2.24. The van der Waals surface area contributed by atoms with Crippen LogP contribution in [-0.4, -0.2) is 36.5 Å². The molecule has 0 spiro atoms. The molecule has 3 nitrogen and oxygen atoms in total. The molecule has 0 bridgehead atoms. The lowest BCUT2D eigenvalue weighted by Crippen LogP contribution is -2.48. The van der Waals surface area contributed by atoms with E-state index in [0.29, 0.717) is 0 Å². The molecule has 2 rings (SSSR count). The van der Waals surface area contributed by atoms with Crippen LogP contribution in [0.1, 0.15) is 30.7 Å². The summed E-state index contributed by atoms with van der Waals surface area (Å²) >= 11 is 6.22. The fourth-order valence-electron chi connectivity index (χ4n) is 2.51. The standard InChI is InChI=1S/C15H21ClN2O/c1-2-18-10-6-9-13(11-18)17-15(19)14(16)12-7-4-3-5-8-12/h3-5,7-8,13-14H,2,6,9-11H2,1H3,(H,17,19). The summed E-state index contributed by atoms with van der Waals surface area (Å²) in [4.78, 5) is 14.5. The Bertz CT molecular complexity index is 410. The zero-order chi connectivity index (χ0) is 13.7. The number of rotatable bonds is 4. The summed E-state index contributed by atoms with van der Waals surface area (Å²) in [6.45, 7) is 5.25. The number of piperidine rings is 1. The Balaban J connectivity index is 1.90. The zero-order valence-corrected chi connectivity index (χ0v) is 12.1. The topological polar surface area (TPSA) is 32.3 Å². The first-order valence-corrected chi connectivity index (χ1v) is 7.36. The maximum absolute atomic E-state index is 12.1. The maximum atomic E-state index is 12.1. The first-order valence-electron chi connectivity index (χ1n) is 6.92. The minimum absolute atomic E-state index is 0.0872. The molecule has 1 aromatic carbocycles. The van der Waals surface area contributed by atoms with E-state index in [1.807, 2.05) is 30.3 Å². The number of carbonyl (C=O) groups excluding carboxylic acids is 1. The largest absolute Gasteiger partial charge is 0.350 e. The number of hydrogen-bond donors (Lipinski definition) is 1. The fraction of sp³-hybridized carbons (Fsp3) is 0.533. The molecule has 1 fully saturated rings. The molecular formula is C15H21ClN2O. The van der Waals surface area contributed by atoms with Crippen molar-refractivity contribution in [2.45, 2.75) is 31.2 Å². The van der Waals surface area contributed by atoms with Crippen molar-refractivity contribution in [3.05, 3.63) is 35.9 Å². The second-order valence-electron chi connectivity index (χ2n) is 5.01. The van der Waals surface area contributed by atoms with Crippen molar-refractivity contribution in [2.75, 3.05) is 19.6 Å². The van der Waals surface area contributed by atoms with Crippen LogP contribution in [0.2, 0.25) is 0 Å². The van der Waals surface area contributed by atoms with E-state index >= 15 is 0 Å². The summed E-state index contributed by atoms with van der Waals surface area (Å²) in [7, 11) is 0. The minimum atomic E-state index is -0.599. The first kappa shape index (κ1) is 14.4. The van der Waals surface area contributed by atoms with Crippen molar-refractivity contribution in [2.24, 2.45) is 0 Å². The van der Waals surface area contributed by atoms with Gasteiger partial charge in [0.2, 0.25) is 5.91 Å². The monoisotopic (exact) mass is 280 g/mol. The SMILES string of the molecule is CCN1CCCC(NC(=O)C(Cl)c2ccccc2)C1. The second-order valence-corrected chi connectivity index (χ2v) is 5.45. The van der Waals surface area contributed by atoms with Crippen LogP contribution in [0.25, 0.3) is 0 Å². The Morgan fingerprint density at radius 3 is 2.89 bits per heavy atom. The molecule has 0 aliphatic carbocycles. The summed E-state index contributed by atoms with van der Waals surface area (Å²) in [5, 5.41) is 2.47. The molecule has 1 heterocycles. The van der Waals surface area contributed by atoms with Gasteiger partial charge >= 0.3 is 0 Å². The van der Waals surface area contributed by atoms with Crippen LogP contribution in [0, 0.1) is 0 Å². The lowest BCUT2D eigenvalue weighted by Gasteiger charge is -2.32. The van der Waals surface area contributed by atoms with E-state index < -0.39 is 5.38 Å². The molecule has 1 N–H and O–H groups in total. The van der Waals surface area contributed by atoms with Gasteiger partial charge in [-0.1, -0.05) is 37.3 Å². The number of likely N-dealkylation sites (tertiary alicyclic amines) is 1. The van der Waals surface area contributed by atoms with Gasteiger partial charge in [-0.15, -0.1) is 11.6 Å². The van der Waals surface area contributed by atoms with Crippen LogP contribution in [0.15, 0.2) is 30.3 Å². The molecule has 4 heteroatoms. The first-order chi connectivity index (χ1) is 9.20. The number of halogens is 1. The molecule has 0 radical (unpaired) electrons. The van der Waals surface area contributed by atoms with Crippen molar-refractivity contribution in [1.82, 2.24) is 10.2 Å². The van der Waals surface area contributed by atoms with Crippen LogP contribution in [0.4, 0.5) is 0 Å². The highest BCUT2D eigenvalue weighted by Crippen LogP contribution is 2.21. The normalized spacial score (nSPS) is 21.9. The van der Waals surface area contributed by atoms with E-state index in [0.717, 1.165) is 38.0 Å². The van der Waals surface area contributed by atoms with Crippen molar-refractivity contribution in [3.8, 4) is 0 Å². The third-order valence-corrected chi connectivity index (χ3v) is 4.07. The predicted octanol–water partition coefficient (Wildman–Crippen LogP) is 2.57. The zero-order valence-electron chi connectivity index (χ0n) is 11.3. The van der Waals surface area contributed by atoms with Gasteiger partial charge in [0.05, 0.1) is 0 Å². The lowest BCUT2D eigenvalue weighted by atomic mass is 10.0. The fourth-order valence-corrected chi connectivity index (χ4v) is 2.72. The van der Waals surface area contributed by atoms with Crippen LogP contribution < -0.4 is 5.32 Å². The Kier molecular flexibility index (Phi) is 5.23. The number of carbonyl (C=O) groups is 1. The van der Waals surface area contributed by atoms with E-state index in [1.165, 1.54) is 0 Å². The number of likely N-dealkylation sites (N-methyl/N-ethyl adjacent to an activating group) is 1. The molecule has 2 atom stereocenters. The van der Waals surface area contributed by atoms with E-state index in [1.54, 1.807) is 0 Å². The molecule has 1 amide bonds. The smallest absolute Gasteiger partial charge is 0.242 e. The second kappa shape index (κ2) is 6.92. The lowest BCUT2D eigenvalue weighted by molar-refractivity contribution is -0.121. The van der Waals surface area contributed by atoms with Gasteiger partial charge in [0.1, 0.15) is 5.38 Å². The molecule has 1 saturated heterocycles. The average molecular weight is 281 g/mol. The van der Waals surface area contributed by atoms with Crippen LogP contribution >= 0.6 is 11.6 Å². The number of amides is 1. The van der Waals surface area contributed by atoms with E-state index in [-0.39, 0.29) is 11.9 Å². The Morgan fingerprint density at radius 1 is 1.47 bits per heavy atom. The van der Waals surface area contributed by atoms with Gasteiger partial charge in [-0.2, -0.15) is 0 Å². The van der Waals surface area contributed by atoms with Crippen molar-refractivity contribution in [1.29, 1.82) is 0 Å². The van der Waals surface area contributed by atoms with Gasteiger partial charge in [0, 0.05) is 12.6 Å². The Morgan fingerprint density at radius 2 is 2.21 bits per heavy atom. The molecule has 0 aromatic heterocycles. The number of alkyl halides is 1. The van der Waals surface area contributed by atoms with Crippen LogP contribution in [0.3, 0.4) is 0 Å². The molecule has 2 unspecified atom stereocenters. The molecular weight excluding hydrogens is 260 g/mol. The van der Waals surface area contributed by atoms with Gasteiger partial charge in [-0.05, 0) is 31.5 Å². The molecule has 104 valence electrons. The summed E-state index contributed by atoms with van der Waals surface area (Å²) in [5.41, 5.74) is 0.852. The summed E-state index contributed by atoms with van der Waals surface area (Å²) in [5.74, 6) is -0.0872. The van der Waals surface area contributed by atoms with Crippen molar-refractivity contribution in [3.63, 3.8) is 0 Å². The van der Waals surface area contributed by atoms with E-state index in [2.05, 4.69) is 17.1 Å². The van der Waals surface area contributed by atoms with Gasteiger partial charge in [-0.3, -0.25) is 4.79 Å². The Hall–Kier alpha value is -1.06. The highest BCUT2D eigenvalue weighted by atomic mass is 35.5. The summed E-state index contributed by atoms with van der Waals surface area (Å²) in [6, 6.07) is 9.72. The van der Waals surface area contributed by atoms with E-state index in [4.69, 9.17) is 11.6 Å². The third-order valence-electron chi connectivity index (χ3n) is 3.62. The molecule has 1 aliphatic rings. The number of nitrogens with zero attached hydrogens (tertiary/aromatic N) is 1. The quantitative estimate of drug-likeness (QED) is 0.860. The molecule has 1 aromatic rings. The van der Waals surface area contributed by atoms with Crippen molar-refractivity contribution >= 4 is 17.5 Å². The Labute approximate surface area is 119 Å². The number of hydrogen-bond acceptors (Lipinski definition) is 2. The predicted molar refractivity (Wildman–Crippen MR) is 78.3 cm³/mol. The summed E-state index contributed by atoms with van der Waals surface area (Å²) in [6.07, 6.45) is 2.18. The van der Waals surface area contributed by atoms with Crippen LogP contribution in [0.5, 0.6) is 0 Å². The molecule has 19 heavy (non-hydrogen) atoms.